The zero-order valence-electron chi connectivity index (χ0n) is 25.4. The van der Waals surface area contributed by atoms with E-state index in [9.17, 15) is 9.65 Å². The fraction of sp³-hybridized carbons (Fsp3) is 0.441. The molecule has 5 aliphatic rings. The fourth-order valence-electron chi connectivity index (χ4n) is 9.00. The Bertz CT molecular complexity index is 2080. The minimum absolute atomic E-state index is 0.00170. The summed E-state index contributed by atoms with van der Waals surface area (Å²) in [6.45, 7) is 6.49. The van der Waals surface area contributed by atoms with Crippen LogP contribution in [-0.2, 0) is 0 Å². The van der Waals surface area contributed by atoms with Gasteiger partial charge in [-0.2, -0.15) is 15.2 Å². The van der Waals surface area contributed by atoms with Crippen molar-refractivity contribution < 1.29 is 17.9 Å². The standard InChI is InChI=1S/C34H31ClF3N7OS/c1-15-9-22-21-6-3-17(41-21)13-45(22)32-26-23(15)27(35)25(18-4-5-20(37)30-24(18)19(11-39)31(40)47-30)28(38)29(26)42-33(43-32)46-14-34-7-2-8-44(34)12-16(36)10-34/h4-5,16-17,21-22,41H,1-3,6-10,12-14,40H2/t16-,17-,21+,22-,34+/m1/s1. The number of hydrogen-bond acceptors (Lipinski definition) is 9. The Morgan fingerprint density at radius 2 is 2.06 bits per heavy atom. The van der Waals surface area contributed by atoms with Gasteiger partial charge >= 0.3 is 6.01 Å². The summed E-state index contributed by atoms with van der Waals surface area (Å²) in [5.41, 5.74) is 7.22. The van der Waals surface area contributed by atoms with E-state index in [-0.39, 0.29) is 73.1 Å². The third kappa shape index (κ3) is 4.19. The highest BCUT2D eigenvalue weighted by Gasteiger charge is 2.50. The first-order valence-corrected chi connectivity index (χ1v) is 17.2. The van der Waals surface area contributed by atoms with Crippen molar-refractivity contribution in [1.82, 2.24) is 20.2 Å². The van der Waals surface area contributed by atoms with Crippen molar-refractivity contribution in [3.05, 3.63) is 46.5 Å². The summed E-state index contributed by atoms with van der Waals surface area (Å²) in [6.07, 6.45) is 3.79. The Morgan fingerprint density at radius 1 is 1.21 bits per heavy atom. The zero-order valence-corrected chi connectivity index (χ0v) is 27.0. The van der Waals surface area contributed by atoms with E-state index in [1.54, 1.807) is 0 Å². The maximum Gasteiger partial charge on any atom is 0.319 e. The minimum Gasteiger partial charge on any atom is -0.461 e. The van der Waals surface area contributed by atoms with E-state index in [0.717, 1.165) is 43.6 Å². The summed E-state index contributed by atoms with van der Waals surface area (Å²) in [5, 5.41) is 14.6. The highest BCUT2D eigenvalue weighted by atomic mass is 35.5. The highest BCUT2D eigenvalue weighted by Crippen LogP contribution is 2.52. The number of benzene rings is 2. The number of anilines is 2. The van der Waals surface area contributed by atoms with Gasteiger partial charge in [-0.1, -0.05) is 24.2 Å². The number of nitrogens with two attached hydrogens (primary N) is 1. The highest BCUT2D eigenvalue weighted by molar-refractivity contribution is 7.23. The number of nitrogens with one attached hydrogen (secondary N) is 1. The van der Waals surface area contributed by atoms with Crippen molar-refractivity contribution in [3.8, 4) is 23.2 Å². The van der Waals surface area contributed by atoms with Crippen LogP contribution in [0, 0.1) is 23.0 Å². The van der Waals surface area contributed by atoms with Crippen LogP contribution >= 0.6 is 22.9 Å². The third-order valence-corrected chi connectivity index (χ3v) is 12.5. The van der Waals surface area contributed by atoms with E-state index in [0.29, 0.717) is 48.3 Å². The first-order valence-electron chi connectivity index (χ1n) is 16.0. The molecule has 9 rings (SSSR count). The number of nitrogens with zero attached hydrogens (tertiary/aromatic N) is 5. The number of hydrogen-bond donors (Lipinski definition) is 2. The molecular weight excluding hydrogens is 647 g/mol. The van der Waals surface area contributed by atoms with Crippen LogP contribution in [0.2, 0.25) is 5.02 Å². The van der Waals surface area contributed by atoms with E-state index >= 15 is 8.78 Å². The number of rotatable bonds is 4. The predicted octanol–water partition coefficient (Wildman–Crippen LogP) is 6.58. The molecule has 2 aromatic carbocycles. The number of halogens is 4. The molecule has 8 nitrogen and oxygen atoms in total. The molecule has 4 saturated heterocycles. The summed E-state index contributed by atoms with van der Waals surface area (Å²) in [7, 11) is 0. The van der Waals surface area contributed by atoms with Gasteiger partial charge in [0.1, 0.15) is 41.0 Å². The van der Waals surface area contributed by atoms with Gasteiger partial charge in [0, 0.05) is 54.1 Å². The van der Waals surface area contributed by atoms with Gasteiger partial charge in [-0.25, -0.2) is 13.2 Å². The molecule has 3 N–H and O–H groups in total. The average Bonchev–Trinajstić information content (AvgIpc) is 3.77. The number of aromatic nitrogens is 2. The Morgan fingerprint density at radius 3 is 2.89 bits per heavy atom. The number of piperazine rings is 1. The van der Waals surface area contributed by atoms with Gasteiger partial charge in [-0.3, -0.25) is 4.90 Å². The molecule has 242 valence electrons. The van der Waals surface area contributed by atoms with Crippen LogP contribution in [0.15, 0.2) is 18.7 Å². The maximum absolute atomic E-state index is 17.3. The topological polar surface area (TPSA) is 103 Å². The smallest absolute Gasteiger partial charge is 0.319 e. The van der Waals surface area contributed by atoms with Gasteiger partial charge in [0.15, 0.2) is 5.82 Å². The van der Waals surface area contributed by atoms with Crippen molar-refractivity contribution >= 4 is 60.3 Å². The van der Waals surface area contributed by atoms with Crippen molar-refractivity contribution in [1.29, 1.82) is 5.26 Å². The average molecular weight is 678 g/mol. The molecule has 4 fully saturated rings. The molecule has 2 aromatic heterocycles. The molecule has 4 aromatic rings. The van der Waals surface area contributed by atoms with Crippen molar-refractivity contribution in [3.63, 3.8) is 0 Å². The molecule has 13 heteroatoms. The van der Waals surface area contributed by atoms with E-state index < -0.39 is 23.3 Å². The normalized spacial score (nSPS) is 28.1. The van der Waals surface area contributed by atoms with Gasteiger partial charge < -0.3 is 20.7 Å². The fourth-order valence-corrected chi connectivity index (χ4v) is 10.4. The van der Waals surface area contributed by atoms with Crippen LogP contribution in [0.3, 0.4) is 0 Å². The van der Waals surface area contributed by atoms with Crippen LogP contribution in [-0.4, -0.2) is 70.9 Å². The maximum atomic E-state index is 17.3. The number of thiophene rings is 1. The van der Waals surface area contributed by atoms with Gasteiger partial charge in [0.05, 0.1) is 26.2 Å². The third-order valence-electron chi connectivity index (χ3n) is 11.1. The molecule has 0 radical (unpaired) electrons. The number of ether oxygens (including phenoxy) is 1. The Hall–Kier alpha value is -3.63. The van der Waals surface area contributed by atoms with E-state index in [2.05, 4.69) is 32.7 Å². The van der Waals surface area contributed by atoms with Crippen molar-refractivity contribution in [2.75, 3.05) is 36.9 Å². The van der Waals surface area contributed by atoms with Crippen molar-refractivity contribution in [2.45, 2.75) is 68.4 Å². The van der Waals surface area contributed by atoms with E-state index in [1.807, 2.05) is 0 Å². The Balaban J connectivity index is 1.29. The van der Waals surface area contributed by atoms with E-state index in [1.165, 1.54) is 12.1 Å². The van der Waals surface area contributed by atoms with Crippen LogP contribution < -0.4 is 20.7 Å². The molecule has 7 heterocycles. The zero-order chi connectivity index (χ0) is 32.4. The van der Waals surface area contributed by atoms with Gasteiger partial charge in [-0.05, 0) is 55.9 Å². The monoisotopic (exact) mass is 677 g/mol. The van der Waals surface area contributed by atoms with Gasteiger partial charge in [0.2, 0.25) is 0 Å². The summed E-state index contributed by atoms with van der Waals surface area (Å²) < 4.78 is 53.4. The molecule has 2 bridgehead atoms. The first kappa shape index (κ1) is 29.5. The lowest BCUT2D eigenvalue weighted by atomic mass is 9.90. The number of nitrogen functional groups attached to an aromatic ring is 1. The van der Waals surface area contributed by atoms with Gasteiger partial charge in [-0.15, -0.1) is 11.3 Å². The number of alkyl halides is 1. The summed E-state index contributed by atoms with van der Waals surface area (Å²) >= 11 is 8.15. The molecule has 0 saturated carbocycles. The lowest BCUT2D eigenvalue weighted by molar-refractivity contribution is 0.107. The summed E-state index contributed by atoms with van der Waals surface area (Å²) in [4.78, 5) is 14.0. The molecule has 5 aliphatic heterocycles. The lowest BCUT2D eigenvalue weighted by Crippen LogP contribution is -2.58. The van der Waals surface area contributed by atoms with E-state index in [4.69, 9.17) is 27.1 Å². The van der Waals surface area contributed by atoms with Crippen LogP contribution in [0.1, 0.15) is 49.7 Å². The predicted molar refractivity (Wildman–Crippen MR) is 178 cm³/mol. The van der Waals surface area contributed by atoms with Crippen LogP contribution in [0.5, 0.6) is 6.01 Å². The van der Waals surface area contributed by atoms with Gasteiger partial charge in [0.25, 0.3) is 0 Å². The molecule has 5 atom stereocenters. The Kier molecular flexibility index (Phi) is 6.55. The molecule has 0 spiro atoms. The molecule has 0 aliphatic carbocycles. The molecule has 0 amide bonds. The molecular formula is C34H31ClF3N7OS. The summed E-state index contributed by atoms with van der Waals surface area (Å²) in [5.74, 6) is -0.769. The largest absolute Gasteiger partial charge is 0.461 e. The quantitative estimate of drug-likeness (QED) is 0.250. The first-order chi connectivity index (χ1) is 22.7. The lowest BCUT2D eigenvalue weighted by Gasteiger charge is -2.41. The second-order valence-electron chi connectivity index (χ2n) is 13.6. The van der Waals surface area contributed by atoms with Crippen molar-refractivity contribution in [2.24, 2.45) is 0 Å². The number of nitriles is 1. The second kappa shape index (κ2) is 10.4. The minimum atomic E-state index is -0.925. The Labute approximate surface area is 277 Å². The molecule has 47 heavy (non-hydrogen) atoms. The van der Waals surface area contributed by atoms with Crippen LogP contribution in [0.25, 0.3) is 37.7 Å². The number of fused-ring (bicyclic) bond motifs is 7. The second-order valence-corrected chi connectivity index (χ2v) is 15.1. The summed E-state index contributed by atoms with van der Waals surface area (Å²) in [6, 6.07) is 5.17. The van der Waals surface area contributed by atoms with Crippen LogP contribution in [0.4, 0.5) is 24.0 Å². The molecule has 0 unspecified atom stereocenters. The SMILES string of the molecule is C=C1C[C@@H]2[C@@H]3CC[C@H](CN2c2nc(OC[C@@]45CCCN4C[C@H](F)C5)nc4c(F)c(-c5ccc(F)c6sc(N)c(C#N)c56)c(Cl)c1c24)N3.